The number of nitrogen functional groups attached to an aromatic ring is 1. The molecule has 1 atom stereocenters. The Kier molecular flexibility index (Phi) is 4.24. The lowest BCUT2D eigenvalue weighted by atomic mass is 10.0. The Labute approximate surface area is 130 Å². The first kappa shape index (κ1) is 14.8. The predicted octanol–water partition coefficient (Wildman–Crippen LogP) is 2.79. The van der Waals surface area contributed by atoms with Crippen LogP contribution in [0.1, 0.15) is 34.7 Å². The fourth-order valence-electron chi connectivity index (χ4n) is 2.73. The van der Waals surface area contributed by atoms with Crippen molar-refractivity contribution in [2.75, 3.05) is 24.3 Å². The molecule has 2 aromatic rings. The first-order valence-corrected chi connectivity index (χ1v) is 7.64. The molecule has 5 nitrogen and oxygen atoms in total. The Morgan fingerprint density at radius 2 is 2.14 bits per heavy atom. The van der Waals surface area contributed by atoms with Gasteiger partial charge in [-0.3, -0.25) is 0 Å². The first-order valence-electron chi connectivity index (χ1n) is 7.64. The zero-order valence-corrected chi connectivity index (χ0v) is 13.1. The predicted molar refractivity (Wildman–Crippen MR) is 87.9 cm³/mol. The summed E-state index contributed by atoms with van der Waals surface area (Å²) < 4.78 is 5.43. The fraction of sp³-hybridized carbons (Fsp3) is 0.412. The van der Waals surface area contributed by atoms with Crippen LogP contribution in [0.25, 0.3) is 0 Å². The van der Waals surface area contributed by atoms with Crippen LogP contribution in [0.2, 0.25) is 0 Å². The van der Waals surface area contributed by atoms with Crippen molar-refractivity contribution in [3.05, 3.63) is 46.6 Å². The summed E-state index contributed by atoms with van der Waals surface area (Å²) in [6, 6.07) is 8.45. The number of benzene rings is 1. The second-order valence-corrected chi connectivity index (χ2v) is 5.88. The number of hydrogen-bond donors (Lipinski definition) is 2. The number of nitrogens with two attached hydrogens (primary N) is 1. The van der Waals surface area contributed by atoms with Gasteiger partial charge < -0.3 is 15.8 Å². The molecule has 0 bridgehead atoms. The van der Waals surface area contributed by atoms with E-state index in [0.717, 1.165) is 31.1 Å². The Bertz CT molecular complexity index is 666. The molecule has 116 valence electrons. The molecule has 3 N–H and O–H groups in total. The van der Waals surface area contributed by atoms with Gasteiger partial charge in [-0.25, -0.2) is 4.98 Å². The molecule has 0 spiro atoms. The maximum atomic E-state index is 5.85. The van der Waals surface area contributed by atoms with Crippen molar-refractivity contribution >= 4 is 11.8 Å². The minimum absolute atomic E-state index is 0.313. The van der Waals surface area contributed by atoms with Gasteiger partial charge in [0.25, 0.3) is 0 Å². The Balaban J connectivity index is 1.75. The Morgan fingerprint density at radius 1 is 1.27 bits per heavy atom. The number of ether oxygens (including phenoxy) is 1. The van der Waals surface area contributed by atoms with Gasteiger partial charge in [0.2, 0.25) is 5.95 Å². The van der Waals surface area contributed by atoms with Gasteiger partial charge in [-0.2, -0.15) is 4.98 Å². The summed E-state index contributed by atoms with van der Waals surface area (Å²) in [5.74, 6) is 1.41. The third-order valence-electron chi connectivity index (χ3n) is 4.08. The van der Waals surface area contributed by atoms with E-state index in [1.807, 2.05) is 6.07 Å². The van der Waals surface area contributed by atoms with Gasteiger partial charge in [-0.05, 0) is 31.4 Å². The number of aromatic nitrogens is 2. The van der Waals surface area contributed by atoms with Crippen molar-refractivity contribution in [2.24, 2.45) is 0 Å². The van der Waals surface area contributed by atoms with Crippen molar-refractivity contribution in [3.8, 4) is 0 Å². The van der Waals surface area contributed by atoms with Crippen molar-refractivity contribution in [2.45, 2.75) is 32.7 Å². The Morgan fingerprint density at radius 3 is 2.91 bits per heavy atom. The smallest absolute Gasteiger partial charge is 0.222 e. The highest BCUT2D eigenvalue weighted by atomic mass is 16.5. The molecule has 0 radical (unpaired) electrons. The normalized spacial score (nSPS) is 17.6. The number of nitrogens with zero attached hydrogens (tertiary/aromatic N) is 2. The van der Waals surface area contributed by atoms with Gasteiger partial charge >= 0.3 is 0 Å². The van der Waals surface area contributed by atoms with Gasteiger partial charge in [0.15, 0.2) is 0 Å². The van der Waals surface area contributed by atoms with Gasteiger partial charge in [-0.1, -0.05) is 23.8 Å². The second kappa shape index (κ2) is 6.32. The quantitative estimate of drug-likeness (QED) is 0.908. The maximum Gasteiger partial charge on any atom is 0.222 e. The van der Waals surface area contributed by atoms with Crippen LogP contribution in [-0.4, -0.2) is 23.2 Å². The first-order chi connectivity index (χ1) is 10.6. The molecule has 1 aromatic carbocycles. The minimum Gasteiger partial charge on any atom is -0.381 e. The van der Waals surface area contributed by atoms with Gasteiger partial charge in [-0.15, -0.1) is 0 Å². The lowest BCUT2D eigenvalue weighted by molar-refractivity contribution is 0.193. The van der Waals surface area contributed by atoms with E-state index in [4.69, 9.17) is 10.5 Å². The summed E-state index contributed by atoms with van der Waals surface area (Å²) in [4.78, 5) is 8.64. The standard InChI is InChI=1S/C17H22N4O/c1-11-3-4-12(2)14(7-11)9-19-16-8-15(20-17(18)21-16)13-5-6-22-10-13/h3-4,7-8,13H,5-6,9-10H2,1-2H3,(H3,18,19,20,21). The third kappa shape index (κ3) is 3.36. The van der Waals surface area contributed by atoms with E-state index in [2.05, 4.69) is 47.3 Å². The molecule has 0 amide bonds. The van der Waals surface area contributed by atoms with Gasteiger partial charge in [0, 0.05) is 25.1 Å². The molecule has 1 aliphatic rings. The zero-order chi connectivity index (χ0) is 15.5. The largest absolute Gasteiger partial charge is 0.381 e. The molecule has 0 saturated carbocycles. The lowest BCUT2D eigenvalue weighted by Crippen LogP contribution is -2.09. The summed E-state index contributed by atoms with van der Waals surface area (Å²) in [5.41, 5.74) is 10.6. The molecule has 1 unspecified atom stereocenters. The SMILES string of the molecule is Cc1ccc(C)c(CNc2cc(C3CCOC3)nc(N)n2)c1. The maximum absolute atomic E-state index is 5.85. The minimum atomic E-state index is 0.313. The molecule has 1 saturated heterocycles. The summed E-state index contributed by atoms with van der Waals surface area (Å²) >= 11 is 0. The summed E-state index contributed by atoms with van der Waals surface area (Å²) in [6.45, 7) is 6.45. The molecule has 1 fully saturated rings. The summed E-state index contributed by atoms with van der Waals surface area (Å²) in [6.07, 6.45) is 0.993. The molecular formula is C17H22N4O. The van der Waals surface area contributed by atoms with E-state index in [0.29, 0.717) is 18.5 Å². The van der Waals surface area contributed by atoms with Crippen LogP contribution in [-0.2, 0) is 11.3 Å². The van der Waals surface area contributed by atoms with Crippen LogP contribution < -0.4 is 11.1 Å². The van der Waals surface area contributed by atoms with Crippen LogP contribution in [0.15, 0.2) is 24.3 Å². The van der Waals surface area contributed by atoms with E-state index >= 15 is 0 Å². The number of rotatable bonds is 4. The molecular weight excluding hydrogens is 276 g/mol. The van der Waals surface area contributed by atoms with Gasteiger partial charge in [0.1, 0.15) is 5.82 Å². The molecule has 2 heterocycles. The van der Waals surface area contributed by atoms with Crippen molar-refractivity contribution in [1.82, 2.24) is 9.97 Å². The highest BCUT2D eigenvalue weighted by Gasteiger charge is 2.20. The highest BCUT2D eigenvalue weighted by Crippen LogP contribution is 2.25. The summed E-state index contributed by atoms with van der Waals surface area (Å²) in [5, 5.41) is 3.36. The molecule has 22 heavy (non-hydrogen) atoms. The van der Waals surface area contributed by atoms with E-state index in [9.17, 15) is 0 Å². The zero-order valence-electron chi connectivity index (χ0n) is 13.1. The van der Waals surface area contributed by atoms with E-state index in [-0.39, 0.29) is 0 Å². The van der Waals surface area contributed by atoms with Gasteiger partial charge in [0.05, 0.1) is 12.3 Å². The molecule has 3 rings (SSSR count). The molecule has 1 aromatic heterocycles. The van der Waals surface area contributed by atoms with Crippen LogP contribution in [0.3, 0.4) is 0 Å². The van der Waals surface area contributed by atoms with Crippen molar-refractivity contribution < 1.29 is 4.74 Å². The number of aryl methyl sites for hydroxylation is 2. The number of hydrogen-bond acceptors (Lipinski definition) is 5. The van der Waals surface area contributed by atoms with Crippen LogP contribution in [0.4, 0.5) is 11.8 Å². The number of nitrogens with one attached hydrogen (secondary N) is 1. The fourth-order valence-corrected chi connectivity index (χ4v) is 2.73. The molecule has 0 aliphatic carbocycles. The van der Waals surface area contributed by atoms with Crippen LogP contribution in [0.5, 0.6) is 0 Å². The van der Waals surface area contributed by atoms with E-state index in [1.165, 1.54) is 16.7 Å². The monoisotopic (exact) mass is 298 g/mol. The van der Waals surface area contributed by atoms with Crippen LogP contribution in [0, 0.1) is 13.8 Å². The lowest BCUT2D eigenvalue weighted by Gasteiger charge is -2.12. The average Bonchev–Trinajstić information content (AvgIpc) is 3.02. The van der Waals surface area contributed by atoms with Crippen LogP contribution >= 0.6 is 0 Å². The van der Waals surface area contributed by atoms with E-state index < -0.39 is 0 Å². The topological polar surface area (TPSA) is 73.1 Å². The second-order valence-electron chi connectivity index (χ2n) is 5.88. The highest BCUT2D eigenvalue weighted by molar-refractivity contribution is 5.43. The molecule has 1 aliphatic heterocycles. The summed E-state index contributed by atoms with van der Waals surface area (Å²) in [7, 11) is 0. The third-order valence-corrected chi connectivity index (χ3v) is 4.08. The van der Waals surface area contributed by atoms with E-state index in [1.54, 1.807) is 0 Å². The average molecular weight is 298 g/mol. The number of anilines is 2. The van der Waals surface area contributed by atoms with Crippen molar-refractivity contribution in [3.63, 3.8) is 0 Å². The van der Waals surface area contributed by atoms with Crippen molar-refractivity contribution in [1.29, 1.82) is 0 Å². The molecule has 5 heteroatoms. The Hall–Kier alpha value is -2.14.